The summed E-state index contributed by atoms with van der Waals surface area (Å²) in [6.45, 7) is 1.22. The van der Waals surface area contributed by atoms with Gasteiger partial charge < -0.3 is 9.64 Å². The maximum atomic E-state index is 13.5. The zero-order valence-corrected chi connectivity index (χ0v) is 15.5. The molecule has 2 amide bonds. The molecule has 0 aliphatic carbocycles. The van der Waals surface area contributed by atoms with E-state index >= 15 is 0 Å². The highest BCUT2D eigenvalue weighted by Crippen LogP contribution is 2.28. The average Bonchev–Trinajstić information content (AvgIpc) is 2.76. The molecule has 1 unspecified atom stereocenters. The number of likely N-dealkylation sites (tertiary alicyclic amines) is 1. The summed E-state index contributed by atoms with van der Waals surface area (Å²) in [6.07, 6.45) is 6.49. The minimum absolute atomic E-state index is 0.0511. The van der Waals surface area contributed by atoms with Gasteiger partial charge in [0.05, 0.1) is 24.1 Å². The second kappa shape index (κ2) is 8.52. The third-order valence-electron chi connectivity index (χ3n) is 4.70. The van der Waals surface area contributed by atoms with Crippen LogP contribution in [-0.4, -0.2) is 40.1 Å². The highest BCUT2D eigenvalue weighted by Gasteiger charge is 2.29. The molecule has 1 fully saturated rings. The molecule has 0 spiro atoms. The van der Waals surface area contributed by atoms with Crippen molar-refractivity contribution in [3.05, 3.63) is 79.3 Å². The molecule has 1 aliphatic heterocycles. The van der Waals surface area contributed by atoms with Gasteiger partial charge in [-0.05, 0) is 37.1 Å². The lowest BCUT2D eigenvalue weighted by Crippen LogP contribution is -2.49. The van der Waals surface area contributed by atoms with E-state index in [1.165, 1.54) is 0 Å². The molecule has 142 valence electrons. The van der Waals surface area contributed by atoms with Crippen molar-refractivity contribution in [1.82, 2.24) is 14.9 Å². The molecule has 1 saturated heterocycles. The molecule has 2 heterocycles. The number of rotatable bonds is 4. The molecule has 0 saturated carbocycles. The van der Waals surface area contributed by atoms with E-state index in [0.29, 0.717) is 19.0 Å². The second-order valence-corrected chi connectivity index (χ2v) is 6.66. The Kier molecular flexibility index (Phi) is 5.47. The van der Waals surface area contributed by atoms with Crippen LogP contribution in [0.2, 0.25) is 0 Å². The van der Waals surface area contributed by atoms with Crippen molar-refractivity contribution in [3.63, 3.8) is 0 Å². The van der Waals surface area contributed by atoms with E-state index in [0.717, 1.165) is 24.2 Å². The highest BCUT2D eigenvalue weighted by molar-refractivity contribution is 5.99. The van der Waals surface area contributed by atoms with E-state index in [1.807, 2.05) is 65.6 Å². The van der Waals surface area contributed by atoms with Crippen LogP contribution >= 0.6 is 0 Å². The Bertz CT molecular complexity index is 851. The number of benzene rings is 2. The number of urea groups is 1. The first-order valence-electron chi connectivity index (χ1n) is 9.43. The SMILES string of the molecule is O=C(N1CCCC(Oc2cnccn2)C1)N(c1ccccc1)c1ccccc1. The van der Waals surface area contributed by atoms with Gasteiger partial charge in [0.2, 0.25) is 5.88 Å². The fraction of sp³-hybridized carbons (Fsp3) is 0.227. The summed E-state index contributed by atoms with van der Waals surface area (Å²) in [5, 5.41) is 0. The van der Waals surface area contributed by atoms with E-state index in [9.17, 15) is 4.79 Å². The van der Waals surface area contributed by atoms with Crippen LogP contribution in [0.3, 0.4) is 0 Å². The van der Waals surface area contributed by atoms with Gasteiger partial charge in [-0.2, -0.15) is 0 Å². The van der Waals surface area contributed by atoms with Gasteiger partial charge in [-0.3, -0.25) is 9.88 Å². The number of ether oxygens (including phenoxy) is 1. The predicted molar refractivity (Wildman–Crippen MR) is 108 cm³/mol. The first kappa shape index (κ1) is 18.0. The smallest absolute Gasteiger partial charge is 0.329 e. The Morgan fingerprint density at radius 3 is 2.29 bits per heavy atom. The minimum Gasteiger partial charge on any atom is -0.471 e. The molecule has 28 heavy (non-hydrogen) atoms. The van der Waals surface area contributed by atoms with Gasteiger partial charge in [0.1, 0.15) is 6.10 Å². The van der Waals surface area contributed by atoms with Crippen LogP contribution in [0.4, 0.5) is 16.2 Å². The molecule has 1 atom stereocenters. The van der Waals surface area contributed by atoms with Gasteiger partial charge in [0, 0.05) is 18.9 Å². The summed E-state index contributed by atoms with van der Waals surface area (Å²) in [5.41, 5.74) is 1.69. The Hall–Kier alpha value is -3.41. The molecule has 0 N–H and O–H groups in total. The third-order valence-corrected chi connectivity index (χ3v) is 4.70. The average molecular weight is 374 g/mol. The van der Waals surface area contributed by atoms with E-state index in [2.05, 4.69) is 9.97 Å². The molecular weight excluding hydrogens is 352 g/mol. The standard InChI is InChI=1S/C22H22N4O2/c27-22(25-15-7-12-20(17-25)28-21-16-23-13-14-24-21)26(18-8-3-1-4-9-18)19-10-5-2-6-11-19/h1-6,8-11,13-14,16,20H,7,12,15,17H2. The fourth-order valence-electron chi connectivity index (χ4n) is 3.39. The van der Waals surface area contributed by atoms with Gasteiger partial charge in [0.25, 0.3) is 0 Å². The normalized spacial score (nSPS) is 16.4. The number of amides is 2. The minimum atomic E-state index is -0.0946. The molecule has 3 aromatic rings. The Balaban J connectivity index is 1.55. The molecule has 0 radical (unpaired) electrons. The molecule has 6 nitrogen and oxygen atoms in total. The Morgan fingerprint density at radius 1 is 1.00 bits per heavy atom. The number of piperidine rings is 1. The summed E-state index contributed by atoms with van der Waals surface area (Å²) in [5.74, 6) is 0.491. The number of aromatic nitrogens is 2. The molecule has 1 aromatic heterocycles. The van der Waals surface area contributed by atoms with Crippen LogP contribution in [0.1, 0.15) is 12.8 Å². The molecule has 1 aliphatic rings. The van der Waals surface area contributed by atoms with Crippen molar-refractivity contribution >= 4 is 17.4 Å². The first-order valence-corrected chi connectivity index (χ1v) is 9.43. The highest BCUT2D eigenvalue weighted by atomic mass is 16.5. The van der Waals surface area contributed by atoms with Crippen molar-refractivity contribution < 1.29 is 9.53 Å². The molecule has 0 bridgehead atoms. The zero-order chi connectivity index (χ0) is 19.2. The number of anilines is 2. The van der Waals surface area contributed by atoms with Crippen molar-refractivity contribution in [2.45, 2.75) is 18.9 Å². The van der Waals surface area contributed by atoms with Crippen molar-refractivity contribution in [3.8, 4) is 5.88 Å². The number of nitrogens with zero attached hydrogens (tertiary/aromatic N) is 4. The van der Waals surface area contributed by atoms with Gasteiger partial charge in [0.15, 0.2) is 0 Å². The van der Waals surface area contributed by atoms with Crippen LogP contribution in [0.5, 0.6) is 5.88 Å². The van der Waals surface area contributed by atoms with Crippen LogP contribution in [-0.2, 0) is 0 Å². The van der Waals surface area contributed by atoms with Crippen molar-refractivity contribution in [1.29, 1.82) is 0 Å². The predicted octanol–water partition coefficient (Wildman–Crippen LogP) is 4.28. The maximum absolute atomic E-state index is 13.5. The quantitative estimate of drug-likeness (QED) is 0.684. The number of carbonyl (C=O) groups excluding carboxylic acids is 1. The number of para-hydroxylation sites is 2. The fourth-order valence-corrected chi connectivity index (χ4v) is 3.39. The lowest BCUT2D eigenvalue weighted by Gasteiger charge is -2.36. The van der Waals surface area contributed by atoms with Gasteiger partial charge in [-0.1, -0.05) is 36.4 Å². The lowest BCUT2D eigenvalue weighted by molar-refractivity contribution is 0.101. The van der Waals surface area contributed by atoms with Crippen LogP contribution in [0, 0.1) is 0 Å². The molecular formula is C22H22N4O2. The first-order chi connectivity index (χ1) is 13.8. The summed E-state index contributed by atoms with van der Waals surface area (Å²) >= 11 is 0. The van der Waals surface area contributed by atoms with Crippen LogP contribution in [0.15, 0.2) is 79.3 Å². The maximum Gasteiger partial charge on any atom is 0.329 e. The molecule has 6 heteroatoms. The lowest BCUT2D eigenvalue weighted by atomic mass is 10.1. The monoisotopic (exact) mass is 374 g/mol. The number of hydrogen-bond acceptors (Lipinski definition) is 4. The Morgan fingerprint density at radius 2 is 1.68 bits per heavy atom. The zero-order valence-electron chi connectivity index (χ0n) is 15.5. The van der Waals surface area contributed by atoms with Gasteiger partial charge in [-0.15, -0.1) is 0 Å². The largest absolute Gasteiger partial charge is 0.471 e. The molecule has 4 rings (SSSR count). The summed E-state index contributed by atoms with van der Waals surface area (Å²) in [7, 11) is 0. The van der Waals surface area contributed by atoms with Crippen molar-refractivity contribution in [2.24, 2.45) is 0 Å². The van der Waals surface area contributed by atoms with E-state index in [4.69, 9.17) is 4.74 Å². The second-order valence-electron chi connectivity index (χ2n) is 6.66. The van der Waals surface area contributed by atoms with Crippen LogP contribution in [0.25, 0.3) is 0 Å². The molecule has 2 aromatic carbocycles. The van der Waals surface area contributed by atoms with E-state index in [-0.39, 0.29) is 12.1 Å². The number of hydrogen-bond donors (Lipinski definition) is 0. The van der Waals surface area contributed by atoms with Crippen molar-refractivity contribution in [2.75, 3.05) is 18.0 Å². The number of carbonyl (C=O) groups is 1. The summed E-state index contributed by atoms with van der Waals surface area (Å²) < 4.78 is 5.94. The topological polar surface area (TPSA) is 58.6 Å². The summed E-state index contributed by atoms with van der Waals surface area (Å²) in [6, 6.07) is 19.4. The van der Waals surface area contributed by atoms with E-state index in [1.54, 1.807) is 23.5 Å². The van der Waals surface area contributed by atoms with Gasteiger partial charge >= 0.3 is 6.03 Å². The van der Waals surface area contributed by atoms with Crippen LogP contribution < -0.4 is 9.64 Å². The van der Waals surface area contributed by atoms with Gasteiger partial charge in [-0.25, -0.2) is 9.78 Å². The van der Waals surface area contributed by atoms with E-state index < -0.39 is 0 Å². The Labute approximate surface area is 164 Å². The third kappa shape index (κ3) is 4.11. The summed E-state index contributed by atoms with van der Waals surface area (Å²) in [4.78, 5) is 25.3.